The summed E-state index contributed by atoms with van der Waals surface area (Å²) < 4.78 is 46.5. The highest BCUT2D eigenvalue weighted by atomic mass is 19.4. The molecule has 4 rings (SSSR count). The first kappa shape index (κ1) is 29.8. The highest BCUT2D eigenvalue weighted by molar-refractivity contribution is 6.04. The summed E-state index contributed by atoms with van der Waals surface area (Å²) in [5, 5.41) is 9.56. The molecule has 218 valence electrons. The zero-order valence-electron chi connectivity index (χ0n) is 23.5. The van der Waals surface area contributed by atoms with Gasteiger partial charge in [0.2, 0.25) is 5.88 Å². The Morgan fingerprint density at radius 2 is 1.80 bits per heavy atom. The van der Waals surface area contributed by atoms with E-state index in [1.54, 1.807) is 31.9 Å². The van der Waals surface area contributed by atoms with Crippen LogP contribution in [0.15, 0.2) is 30.5 Å². The van der Waals surface area contributed by atoms with Gasteiger partial charge in [0.15, 0.2) is 5.78 Å². The molecule has 0 radical (unpaired) electrons. The molecule has 2 atom stereocenters. The Labute approximate surface area is 233 Å². The van der Waals surface area contributed by atoms with Crippen molar-refractivity contribution in [2.75, 3.05) is 24.6 Å². The molecule has 0 amide bonds. The fourth-order valence-corrected chi connectivity index (χ4v) is 5.35. The van der Waals surface area contributed by atoms with Gasteiger partial charge < -0.3 is 14.7 Å². The SMILES string of the molecule is CCC(C)(C)C(=O)c1ccc(C(F)(F)F)nc1N1CCC(COc2cc([C@H](C3CC3)[C@H](C)C(=O)O)ccn2)CC1. The quantitative estimate of drug-likeness (QED) is 0.308. The van der Waals surface area contributed by atoms with E-state index >= 15 is 0 Å². The standard InChI is InChI=1S/C30H38F3N3O4/c1-5-29(3,4)26(37)22-8-9-23(30(31,32)33)35-27(22)36-14-11-19(12-15-36)17-40-24-16-21(10-13-34-24)25(20-6-7-20)18(2)28(38)39/h8-10,13,16,18-20,25H,5-7,11-12,14-15,17H2,1-4H3,(H,38,39)/t18-,25-/m0/s1. The minimum atomic E-state index is -4.61. The smallest absolute Gasteiger partial charge is 0.433 e. The van der Waals surface area contributed by atoms with Gasteiger partial charge in [-0.2, -0.15) is 13.2 Å². The van der Waals surface area contributed by atoms with Crippen LogP contribution < -0.4 is 9.64 Å². The molecule has 2 fully saturated rings. The molecule has 40 heavy (non-hydrogen) atoms. The average molecular weight is 562 g/mol. The molecule has 1 aliphatic carbocycles. The van der Waals surface area contributed by atoms with Gasteiger partial charge in [0.05, 0.1) is 18.1 Å². The molecule has 1 N–H and O–H groups in total. The third-order valence-corrected chi connectivity index (χ3v) is 8.49. The Kier molecular flexibility index (Phi) is 8.75. The summed E-state index contributed by atoms with van der Waals surface area (Å²) in [5.74, 6) is -0.584. The van der Waals surface area contributed by atoms with E-state index in [1.807, 2.05) is 19.1 Å². The Hall–Kier alpha value is -3.17. The highest BCUT2D eigenvalue weighted by Gasteiger charge is 2.39. The van der Waals surface area contributed by atoms with Crippen molar-refractivity contribution in [1.29, 1.82) is 0 Å². The number of Topliss-reactive ketones (excluding diaryl/α,β-unsaturated/α-hetero) is 1. The number of carbonyl (C=O) groups excluding carboxylic acids is 1. The molecular formula is C30H38F3N3O4. The molecule has 7 nitrogen and oxygen atoms in total. The van der Waals surface area contributed by atoms with Crippen molar-refractivity contribution in [2.45, 2.75) is 71.9 Å². The van der Waals surface area contributed by atoms with E-state index < -0.39 is 29.2 Å². The largest absolute Gasteiger partial charge is 0.481 e. The normalized spacial score (nSPS) is 18.3. The summed E-state index contributed by atoms with van der Waals surface area (Å²) in [6.45, 7) is 8.48. The van der Waals surface area contributed by atoms with Gasteiger partial charge in [0.25, 0.3) is 0 Å². The topological polar surface area (TPSA) is 92.6 Å². The average Bonchev–Trinajstić information content (AvgIpc) is 3.76. The van der Waals surface area contributed by atoms with Crippen molar-refractivity contribution < 1.29 is 32.6 Å². The number of aliphatic carboxylic acids is 1. The maximum absolute atomic E-state index is 13.5. The lowest BCUT2D eigenvalue weighted by Crippen LogP contribution is -2.38. The summed E-state index contributed by atoms with van der Waals surface area (Å²) >= 11 is 0. The number of rotatable bonds is 11. The number of piperidine rings is 1. The summed E-state index contributed by atoms with van der Waals surface area (Å²) in [6.07, 6.45) is 0.939. The van der Waals surface area contributed by atoms with Gasteiger partial charge >= 0.3 is 12.1 Å². The zero-order chi connectivity index (χ0) is 29.2. The molecule has 1 aliphatic heterocycles. The van der Waals surface area contributed by atoms with E-state index in [-0.39, 0.29) is 29.0 Å². The van der Waals surface area contributed by atoms with Crippen molar-refractivity contribution in [3.63, 3.8) is 0 Å². The molecule has 3 heterocycles. The minimum Gasteiger partial charge on any atom is -0.481 e. The predicted molar refractivity (Wildman–Crippen MR) is 145 cm³/mol. The van der Waals surface area contributed by atoms with Crippen LogP contribution >= 0.6 is 0 Å². The van der Waals surface area contributed by atoms with Gasteiger partial charge in [-0.1, -0.05) is 27.7 Å². The number of nitrogens with zero attached hydrogens (tertiary/aromatic N) is 3. The number of aromatic nitrogens is 2. The van der Waals surface area contributed by atoms with E-state index in [1.165, 1.54) is 6.07 Å². The number of pyridine rings is 2. The Bertz CT molecular complexity index is 1220. The number of hydrogen-bond acceptors (Lipinski definition) is 6. The maximum atomic E-state index is 13.5. The molecule has 0 bridgehead atoms. The molecule has 0 spiro atoms. The lowest BCUT2D eigenvalue weighted by atomic mass is 9.82. The van der Waals surface area contributed by atoms with Gasteiger partial charge in [0, 0.05) is 30.8 Å². The molecule has 2 aromatic heterocycles. The van der Waals surface area contributed by atoms with Crippen LogP contribution in [-0.4, -0.2) is 46.5 Å². The first-order chi connectivity index (χ1) is 18.8. The van der Waals surface area contributed by atoms with Crippen molar-refractivity contribution >= 4 is 17.6 Å². The molecule has 0 aromatic carbocycles. The number of hydrogen-bond donors (Lipinski definition) is 1. The maximum Gasteiger partial charge on any atom is 0.433 e. The van der Waals surface area contributed by atoms with Gasteiger partial charge in [-0.15, -0.1) is 0 Å². The molecule has 2 aliphatic rings. The number of ether oxygens (including phenoxy) is 1. The number of halogens is 3. The van der Waals surface area contributed by atoms with Crippen molar-refractivity contribution in [2.24, 2.45) is 23.2 Å². The summed E-state index contributed by atoms with van der Waals surface area (Å²) in [6, 6.07) is 5.83. The fraction of sp³-hybridized carbons (Fsp3) is 0.600. The molecule has 2 aromatic rings. The molecule has 1 saturated carbocycles. The third-order valence-electron chi connectivity index (χ3n) is 8.49. The van der Waals surface area contributed by atoms with Crippen LogP contribution in [0.4, 0.5) is 19.0 Å². The van der Waals surface area contributed by atoms with Gasteiger partial charge in [-0.05, 0) is 73.6 Å². The Morgan fingerprint density at radius 1 is 1.12 bits per heavy atom. The first-order valence-electron chi connectivity index (χ1n) is 14.0. The Morgan fingerprint density at radius 3 is 2.38 bits per heavy atom. The monoisotopic (exact) mass is 561 g/mol. The van der Waals surface area contributed by atoms with Crippen LogP contribution in [0.2, 0.25) is 0 Å². The van der Waals surface area contributed by atoms with Gasteiger partial charge in [-0.3, -0.25) is 9.59 Å². The minimum absolute atomic E-state index is 0.0827. The number of anilines is 1. The second-order valence-electron chi connectivity index (χ2n) is 11.8. The van der Waals surface area contributed by atoms with Crippen LogP contribution in [0.3, 0.4) is 0 Å². The van der Waals surface area contributed by atoms with E-state index in [4.69, 9.17) is 4.74 Å². The lowest BCUT2D eigenvalue weighted by Gasteiger charge is -2.34. The van der Waals surface area contributed by atoms with E-state index in [0.717, 1.165) is 24.5 Å². The number of ketones is 1. The predicted octanol–water partition coefficient (Wildman–Crippen LogP) is 6.62. The van der Waals surface area contributed by atoms with E-state index in [9.17, 15) is 27.9 Å². The Balaban J connectivity index is 1.43. The van der Waals surface area contributed by atoms with Crippen LogP contribution in [-0.2, 0) is 11.0 Å². The van der Waals surface area contributed by atoms with Gasteiger partial charge in [-0.25, -0.2) is 9.97 Å². The summed E-state index contributed by atoms with van der Waals surface area (Å²) in [4.78, 5) is 34.9. The molecular weight excluding hydrogens is 523 g/mol. The van der Waals surface area contributed by atoms with Crippen LogP contribution in [0.25, 0.3) is 0 Å². The third kappa shape index (κ3) is 6.75. The van der Waals surface area contributed by atoms with Crippen molar-refractivity contribution in [3.05, 3.63) is 47.3 Å². The van der Waals surface area contributed by atoms with Gasteiger partial charge in [0.1, 0.15) is 11.5 Å². The number of alkyl halides is 3. The lowest BCUT2D eigenvalue weighted by molar-refractivity contribution is -0.142. The van der Waals surface area contributed by atoms with Crippen LogP contribution in [0, 0.1) is 23.2 Å². The summed E-state index contributed by atoms with van der Waals surface area (Å²) in [5.41, 5.74) is -0.590. The summed E-state index contributed by atoms with van der Waals surface area (Å²) in [7, 11) is 0. The zero-order valence-corrected chi connectivity index (χ0v) is 23.5. The fourth-order valence-electron chi connectivity index (χ4n) is 5.35. The van der Waals surface area contributed by atoms with E-state index in [0.29, 0.717) is 50.8 Å². The van der Waals surface area contributed by atoms with Crippen molar-refractivity contribution in [3.8, 4) is 5.88 Å². The second-order valence-corrected chi connectivity index (χ2v) is 11.8. The number of carboxylic acid groups (broad SMARTS) is 1. The van der Waals surface area contributed by atoms with Crippen LogP contribution in [0.1, 0.15) is 87.3 Å². The molecule has 10 heteroatoms. The number of carboxylic acids is 1. The van der Waals surface area contributed by atoms with Crippen molar-refractivity contribution in [1.82, 2.24) is 9.97 Å². The first-order valence-corrected chi connectivity index (χ1v) is 14.0. The molecule has 0 unspecified atom stereocenters. The second kappa shape index (κ2) is 11.7. The van der Waals surface area contributed by atoms with E-state index in [2.05, 4.69) is 9.97 Å². The number of carbonyl (C=O) groups is 2. The van der Waals surface area contributed by atoms with Crippen LogP contribution in [0.5, 0.6) is 5.88 Å². The molecule has 1 saturated heterocycles. The highest BCUT2D eigenvalue weighted by Crippen LogP contribution is 2.47.